The number of benzene rings is 1. The summed E-state index contributed by atoms with van der Waals surface area (Å²) in [5.41, 5.74) is 0.773. The van der Waals surface area contributed by atoms with E-state index in [0.717, 1.165) is 5.56 Å². The number of hydrogen-bond acceptors (Lipinski definition) is 4. The summed E-state index contributed by atoms with van der Waals surface area (Å²) in [6, 6.07) is 9.14. The molecule has 0 aliphatic rings. The van der Waals surface area contributed by atoms with Gasteiger partial charge in [0, 0.05) is 24.8 Å². The highest BCUT2D eigenvalue weighted by molar-refractivity contribution is 6.65. The molecule has 0 atom stereocenters. The minimum Gasteiger partial charge on any atom is -0.439 e. The lowest BCUT2D eigenvalue weighted by atomic mass is 10.2. The average Bonchev–Trinajstić information content (AvgIpc) is 2.41. The van der Waals surface area contributed by atoms with Crippen molar-refractivity contribution in [2.24, 2.45) is 5.16 Å². The first-order valence-electron chi connectivity index (χ1n) is 5.42. The Morgan fingerprint density at radius 2 is 2.21 bits per heavy atom. The number of halogens is 2. The third-order valence-electron chi connectivity index (χ3n) is 2.27. The van der Waals surface area contributed by atoms with Crippen LogP contribution in [-0.2, 0) is 6.42 Å². The molecule has 0 unspecified atom stereocenters. The van der Waals surface area contributed by atoms with Gasteiger partial charge in [0.2, 0.25) is 5.88 Å². The molecule has 2 aromatic rings. The molecule has 0 saturated carbocycles. The molecule has 0 bridgehead atoms. The summed E-state index contributed by atoms with van der Waals surface area (Å²) < 4.78 is 18.3. The fraction of sp³-hybridized carbons (Fsp3) is 0.0769. The molecule has 6 heteroatoms. The maximum atomic E-state index is 13.0. The van der Waals surface area contributed by atoms with E-state index in [9.17, 15) is 4.39 Å². The zero-order valence-corrected chi connectivity index (χ0v) is 10.5. The molecular formula is C13H10ClFN2O2. The van der Waals surface area contributed by atoms with E-state index in [1.54, 1.807) is 30.5 Å². The van der Waals surface area contributed by atoms with Crippen LogP contribution < -0.4 is 4.74 Å². The van der Waals surface area contributed by atoms with Gasteiger partial charge in [-0.25, -0.2) is 9.37 Å². The predicted molar refractivity (Wildman–Crippen MR) is 69.5 cm³/mol. The van der Waals surface area contributed by atoms with Crippen molar-refractivity contribution < 1.29 is 14.3 Å². The van der Waals surface area contributed by atoms with Crippen molar-refractivity contribution in [2.45, 2.75) is 6.42 Å². The summed E-state index contributed by atoms with van der Waals surface area (Å²) in [4.78, 5) is 4.05. The van der Waals surface area contributed by atoms with Crippen molar-refractivity contribution in [3.8, 4) is 11.6 Å². The molecule has 0 spiro atoms. The Morgan fingerprint density at radius 1 is 1.37 bits per heavy atom. The molecule has 0 aliphatic heterocycles. The lowest BCUT2D eigenvalue weighted by Gasteiger charge is -2.05. The second-order valence-electron chi connectivity index (χ2n) is 3.72. The molecule has 19 heavy (non-hydrogen) atoms. The van der Waals surface area contributed by atoms with Crippen molar-refractivity contribution in [1.82, 2.24) is 4.98 Å². The molecule has 98 valence electrons. The van der Waals surface area contributed by atoms with Crippen molar-refractivity contribution in [3.05, 3.63) is 54.0 Å². The highest BCUT2D eigenvalue weighted by Crippen LogP contribution is 2.20. The molecule has 0 amide bonds. The monoisotopic (exact) mass is 280 g/mol. The van der Waals surface area contributed by atoms with Crippen LogP contribution in [-0.4, -0.2) is 15.4 Å². The number of ether oxygens (including phenoxy) is 1. The van der Waals surface area contributed by atoms with Crippen LogP contribution in [0.4, 0.5) is 4.39 Å². The van der Waals surface area contributed by atoms with Gasteiger partial charge in [-0.05, 0) is 17.7 Å². The van der Waals surface area contributed by atoms with E-state index < -0.39 is 0 Å². The minimum atomic E-state index is -0.375. The largest absolute Gasteiger partial charge is 0.439 e. The van der Waals surface area contributed by atoms with Crippen LogP contribution in [0.25, 0.3) is 0 Å². The van der Waals surface area contributed by atoms with E-state index in [0.29, 0.717) is 11.6 Å². The topological polar surface area (TPSA) is 54.7 Å². The van der Waals surface area contributed by atoms with Crippen molar-refractivity contribution in [2.75, 3.05) is 0 Å². The molecule has 0 radical (unpaired) electrons. The average molecular weight is 281 g/mol. The fourth-order valence-electron chi connectivity index (χ4n) is 1.43. The predicted octanol–water partition coefficient (Wildman–Crippen LogP) is 3.58. The van der Waals surface area contributed by atoms with Gasteiger partial charge in [-0.1, -0.05) is 28.9 Å². The first-order valence-corrected chi connectivity index (χ1v) is 5.80. The van der Waals surface area contributed by atoms with E-state index in [-0.39, 0.29) is 17.4 Å². The van der Waals surface area contributed by atoms with Crippen LogP contribution >= 0.6 is 11.6 Å². The second-order valence-corrected chi connectivity index (χ2v) is 4.15. The van der Waals surface area contributed by atoms with E-state index in [1.807, 2.05) is 0 Å². The maximum absolute atomic E-state index is 13.0. The third kappa shape index (κ3) is 3.93. The van der Waals surface area contributed by atoms with E-state index in [4.69, 9.17) is 21.5 Å². The van der Waals surface area contributed by atoms with Crippen molar-refractivity contribution >= 4 is 16.8 Å². The van der Waals surface area contributed by atoms with Crippen molar-refractivity contribution in [1.29, 1.82) is 0 Å². The lowest BCUT2D eigenvalue weighted by molar-refractivity contribution is 0.319. The molecule has 1 N–H and O–H groups in total. The first kappa shape index (κ1) is 13.3. The molecule has 1 aromatic heterocycles. The summed E-state index contributed by atoms with van der Waals surface area (Å²) in [5.74, 6) is 0.335. The van der Waals surface area contributed by atoms with E-state index >= 15 is 0 Å². The van der Waals surface area contributed by atoms with Gasteiger partial charge in [0.15, 0.2) is 0 Å². The van der Waals surface area contributed by atoms with Crippen LogP contribution in [0, 0.1) is 5.82 Å². The van der Waals surface area contributed by atoms with E-state index in [1.165, 1.54) is 12.1 Å². The minimum absolute atomic E-state index is 0.0700. The highest BCUT2D eigenvalue weighted by Gasteiger charge is 2.02. The Hall–Kier alpha value is -2.14. The zero-order chi connectivity index (χ0) is 13.7. The SMILES string of the molecule is O/N=C(\Cl)Cc1ccc(Oc2cccc(F)c2)nc1. The molecular weight excluding hydrogens is 271 g/mol. The normalized spacial score (nSPS) is 11.4. The Bertz CT molecular complexity index is 587. The van der Waals surface area contributed by atoms with Crippen LogP contribution in [0.3, 0.4) is 0 Å². The van der Waals surface area contributed by atoms with Gasteiger partial charge in [0.1, 0.15) is 16.7 Å². The van der Waals surface area contributed by atoms with Gasteiger partial charge >= 0.3 is 0 Å². The summed E-state index contributed by atoms with van der Waals surface area (Å²) in [6.07, 6.45) is 1.83. The first-order chi connectivity index (χ1) is 9.17. The van der Waals surface area contributed by atoms with Crippen molar-refractivity contribution in [3.63, 3.8) is 0 Å². The van der Waals surface area contributed by atoms with Gasteiger partial charge in [-0.15, -0.1) is 0 Å². The summed E-state index contributed by atoms with van der Waals surface area (Å²) in [7, 11) is 0. The quantitative estimate of drug-likeness (QED) is 0.529. The smallest absolute Gasteiger partial charge is 0.219 e. The zero-order valence-electron chi connectivity index (χ0n) is 9.75. The van der Waals surface area contributed by atoms with E-state index in [2.05, 4.69) is 10.1 Å². The van der Waals surface area contributed by atoms with Gasteiger partial charge in [0.05, 0.1) is 0 Å². The number of hydrogen-bond donors (Lipinski definition) is 1. The molecule has 1 aromatic carbocycles. The Morgan fingerprint density at radius 3 is 2.84 bits per heavy atom. The number of pyridine rings is 1. The fourth-order valence-corrected chi connectivity index (χ4v) is 1.59. The molecule has 0 aliphatic carbocycles. The lowest BCUT2D eigenvalue weighted by Crippen LogP contribution is -1.96. The molecule has 2 rings (SSSR count). The number of nitrogens with zero attached hydrogens (tertiary/aromatic N) is 2. The van der Waals surface area contributed by atoms with Gasteiger partial charge in [-0.3, -0.25) is 0 Å². The summed E-state index contributed by atoms with van der Waals surface area (Å²) in [6.45, 7) is 0. The number of oxime groups is 1. The van der Waals surface area contributed by atoms with Crippen LogP contribution in [0.5, 0.6) is 11.6 Å². The van der Waals surface area contributed by atoms with Crippen LogP contribution in [0.15, 0.2) is 47.8 Å². The summed E-state index contributed by atoms with van der Waals surface area (Å²) >= 11 is 5.59. The maximum Gasteiger partial charge on any atom is 0.219 e. The molecule has 1 heterocycles. The Labute approximate surface area is 114 Å². The van der Waals surface area contributed by atoms with Crippen LogP contribution in [0.2, 0.25) is 0 Å². The highest BCUT2D eigenvalue weighted by atomic mass is 35.5. The summed E-state index contributed by atoms with van der Waals surface area (Å²) in [5, 5.41) is 11.4. The third-order valence-corrected chi connectivity index (χ3v) is 2.48. The van der Waals surface area contributed by atoms with Crippen LogP contribution in [0.1, 0.15) is 5.56 Å². The Kier molecular flexibility index (Phi) is 4.30. The number of aromatic nitrogens is 1. The molecule has 4 nitrogen and oxygen atoms in total. The van der Waals surface area contributed by atoms with Gasteiger partial charge in [-0.2, -0.15) is 0 Å². The number of rotatable bonds is 4. The Balaban J connectivity index is 2.06. The van der Waals surface area contributed by atoms with Gasteiger partial charge in [0.25, 0.3) is 0 Å². The molecule has 0 fully saturated rings. The standard InChI is InChI=1S/C13H10ClFN2O2/c14-12(17-18)6-9-4-5-13(16-8-9)19-11-3-1-2-10(15)7-11/h1-5,7-8,18H,6H2/b17-12-. The second kappa shape index (κ2) is 6.15. The molecule has 0 saturated heterocycles. The van der Waals surface area contributed by atoms with Gasteiger partial charge < -0.3 is 9.94 Å².